The highest BCUT2D eigenvalue weighted by Crippen LogP contribution is 2.19. The second-order valence-corrected chi connectivity index (χ2v) is 4.60. The van der Waals surface area contributed by atoms with Crippen LogP contribution in [0, 0.1) is 17.7 Å². The maximum absolute atomic E-state index is 13.7. The zero-order valence-electron chi connectivity index (χ0n) is 11.5. The maximum atomic E-state index is 13.7. The number of benzene rings is 2. The van der Waals surface area contributed by atoms with E-state index in [1.54, 1.807) is 18.2 Å². The van der Waals surface area contributed by atoms with Crippen LogP contribution in [0.5, 0.6) is 0 Å². The number of halogens is 1. The van der Waals surface area contributed by atoms with Gasteiger partial charge in [-0.25, -0.2) is 4.39 Å². The van der Waals surface area contributed by atoms with Crippen molar-refractivity contribution < 1.29 is 9.18 Å². The molecule has 22 heavy (non-hydrogen) atoms. The van der Waals surface area contributed by atoms with Gasteiger partial charge in [0.25, 0.3) is 0 Å². The number of carbonyl (C=O) groups excluding carboxylic acids is 1. The molecule has 0 radical (unpaired) electrons. The summed E-state index contributed by atoms with van der Waals surface area (Å²) in [5, 5.41) is 2.95. The van der Waals surface area contributed by atoms with E-state index in [-0.39, 0.29) is 5.82 Å². The summed E-state index contributed by atoms with van der Waals surface area (Å²) in [7, 11) is 0. The van der Waals surface area contributed by atoms with Gasteiger partial charge in [0.15, 0.2) is 0 Å². The molecule has 0 bridgehead atoms. The van der Waals surface area contributed by atoms with Gasteiger partial charge < -0.3 is 5.32 Å². The fraction of sp³-hybridized carbons (Fsp3) is 0. The summed E-state index contributed by atoms with van der Waals surface area (Å²) in [5.41, 5.74) is 1.69. The van der Waals surface area contributed by atoms with Gasteiger partial charge in [-0.3, -0.25) is 9.78 Å². The van der Waals surface area contributed by atoms with E-state index in [0.717, 1.165) is 5.56 Å². The summed E-state index contributed by atoms with van der Waals surface area (Å²) in [4.78, 5) is 15.9. The number of hydrogen-bond acceptors (Lipinski definition) is 2. The normalized spacial score (nSPS) is 9.86. The van der Waals surface area contributed by atoms with Crippen molar-refractivity contribution in [3.63, 3.8) is 0 Å². The molecule has 0 atom stereocenters. The predicted octanol–water partition coefficient (Wildman–Crippen LogP) is 3.36. The Bertz CT molecular complexity index is 895. The molecule has 1 N–H and O–H groups in total. The number of amides is 1. The lowest BCUT2D eigenvalue weighted by molar-refractivity contribution is -0.111. The van der Waals surface area contributed by atoms with Crippen molar-refractivity contribution in [2.24, 2.45) is 0 Å². The van der Waals surface area contributed by atoms with E-state index >= 15 is 0 Å². The smallest absolute Gasteiger partial charge is 0.300 e. The third-order valence-corrected chi connectivity index (χ3v) is 3.02. The molecular weight excluding hydrogens is 279 g/mol. The minimum absolute atomic E-state index is 0.358. The Morgan fingerprint density at radius 3 is 2.73 bits per heavy atom. The number of nitrogens with zero attached hydrogens (tertiary/aromatic N) is 1. The topological polar surface area (TPSA) is 42.0 Å². The van der Waals surface area contributed by atoms with Crippen LogP contribution in [0.4, 0.5) is 10.1 Å². The van der Waals surface area contributed by atoms with Crippen molar-refractivity contribution in [3.8, 4) is 11.8 Å². The van der Waals surface area contributed by atoms with Gasteiger partial charge in [0.1, 0.15) is 5.82 Å². The Balaban J connectivity index is 1.80. The molecule has 0 unspecified atom stereocenters. The van der Waals surface area contributed by atoms with Crippen molar-refractivity contribution >= 4 is 22.5 Å². The van der Waals surface area contributed by atoms with Gasteiger partial charge >= 0.3 is 5.91 Å². The number of pyridine rings is 1. The molecule has 0 spiro atoms. The summed E-state index contributed by atoms with van der Waals surface area (Å²) >= 11 is 0. The van der Waals surface area contributed by atoms with Crippen molar-refractivity contribution in [1.82, 2.24) is 4.98 Å². The highest BCUT2D eigenvalue weighted by molar-refractivity contribution is 6.05. The van der Waals surface area contributed by atoms with E-state index in [2.05, 4.69) is 22.1 Å². The van der Waals surface area contributed by atoms with Gasteiger partial charge in [0.05, 0.1) is 17.4 Å². The van der Waals surface area contributed by atoms with Crippen LogP contribution in [-0.4, -0.2) is 10.9 Å². The third kappa shape index (κ3) is 3.10. The quantitative estimate of drug-likeness (QED) is 0.698. The first-order valence-electron chi connectivity index (χ1n) is 6.65. The Hall–Kier alpha value is -3.19. The molecule has 0 aliphatic carbocycles. The highest BCUT2D eigenvalue weighted by Gasteiger charge is 2.04. The Kier molecular flexibility index (Phi) is 3.80. The van der Waals surface area contributed by atoms with Crippen molar-refractivity contribution in [3.05, 3.63) is 72.2 Å². The molecule has 1 aromatic heterocycles. The van der Waals surface area contributed by atoms with E-state index in [9.17, 15) is 9.18 Å². The first kappa shape index (κ1) is 13.8. The fourth-order valence-electron chi connectivity index (χ4n) is 1.99. The molecule has 0 saturated carbocycles. The Morgan fingerprint density at radius 2 is 1.91 bits per heavy atom. The van der Waals surface area contributed by atoms with Crippen LogP contribution in [0.25, 0.3) is 10.9 Å². The molecule has 3 nitrogen and oxygen atoms in total. The maximum Gasteiger partial charge on any atom is 0.300 e. The summed E-state index contributed by atoms with van der Waals surface area (Å²) < 4.78 is 13.7. The molecule has 2 aromatic carbocycles. The van der Waals surface area contributed by atoms with E-state index in [1.165, 1.54) is 12.3 Å². The van der Waals surface area contributed by atoms with Gasteiger partial charge in [0.2, 0.25) is 0 Å². The van der Waals surface area contributed by atoms with Crippen molar-refractivity contribution in [2.45, 2.75) is 0 Å². The summed E-state index contributed by atoms with van der Waals surface area (Å²) in [5.74, 6) is 4.40. The second-order valence-electron chi connectivity index (χ2n) is 4.60. The van der Waals surface area contributed by atoms with Gasteiger partial charge in [-0.1, -0.05) is 30.2 Å². The number of anilines is 1. The molecule has 1 heterocycles. The van der Waals surface area contributed by atoms with E-state index in [4.69, 9.17) is 0 Å². The standard InChI is InChI=1S/C18H11FN2O/c19-16-7-4-8-17-15(16)11-14(12-20-17)21-18(22)10-9-13-5-2-1-3-6-13/h1-8,11-12H,(H,21,22). The average Bonchev–Trinajstić information content (AvgIpc) is 2.55. The number of carbonyl (C=O) groups is 1. The summed E-state index contributed by atoms with van der Waals surface area (Å²) in [6.45, 7) is 0. The lowest BCUT2D eigenvalue weighted by atomic mass is 10.2. The number of aromatic nitrogens is 1. The summed E-state index contributed by atoms with van der Waals surface area (Å²) in [6.07, 6.45) is 1.48. The zero-order valence-corrected chi connectivity index (χ0v) is 11.5. The van der Waals surface area contributed by atoms with Gasteiger partial charge in [-0.2, -0.15) is 0 Å². The average molecular weight is 290 g/mol. The molecule has 106 valence electrons. The van der Waals surface area contributed by atoms with Gasteiger partial charge in [-0.05, 0) is 30.3 Å². The molecule has 0 fully saturated rings. The molecule has 0 saturated heterocycles. The van der Waals surface area contributed by atoms with Gasteiger partial charge in [0, 0.05) is 16.9 Å². The summed E-state index contributed by atoms with van der Waals surface area (Å²) in [6, 6.07) is 15.4. The molecule has 3 rings (SSSR count). The largest absolute Gasteiger partial charge is 0.314 e. The van der Waals surface area contributed by atoms with E-state index < -0.39 is 5.91 Å². The van der Waals surface area contributed by atoms with Crippen LogP contribution in [0.3, 0.4) is 0 Å². The number of nitrogens with one attached hydrogen (secondary N) is 1. The fourth-order valence-corrected chi connectivity index (χ4v) is 1.99. The van der Waals surface area contributed by atoms with Crippen LogP contribution >= 0.6 is 0 Å². The molecule has 4 heteroatoms. The SMILES string of the molecule is O=C(C#Cc1ccccc1)Nc1cnc2cccc(F)c2c1. The number of fused-ring (bicyclic) bond motifs is 1. The third-order valence-electron chi connectivity index (χ3n) is 3.02. The second kappa shape index (κ2) is 6.06. The van der Waals surface area contributed by atoms with Crippen molar-refractivity contribution in [2.75, 3.05) is 5.32 Å². The highest BCUT2D eigenvalue weighted by atomic mass is 19.1. The predicted molar refractivity (Wildman–Crippen MR) is 83.7 cm³/mol. The van der Waals surface area contributed by atoms with E-state index in [1.807, 2.05) is 30.3 Å². The Labute approximate surface area is 126 Å². The van der Waals surface area contributed by atoms with Crippen LogP contribution in [0.15, 0.2) is 60.8 Å². The minimum atomic E-state index is -0.471. The van der Waals surface area contributed by atoms with Crippen molar-refractivity contribution in [1.29, 1.82) is 0 Å². The lowest BCUT2D eigenvalue weighted by Gasteiger charge is -2.03. The first-order valence-corrected chi connectivity index (χ1v) is 6.65. The molecule has 1 amide bonds. The van der Waals surface area contributed by atoms with Crippen LogP contribution in [0.1, 0.15) is 5.56 Å². The number of rotatable bonds is 1. The molecule has 3 aromatic rings. The van der Waals surface area contributed by atoms with Gasteiger partial charge in [-0.15, -0.1) is 0 Å². The molecule has 0 aliphatic heterocycles. The number of hydrogen-bond donors (Lipinski definition) is 1. The minimum Gasteiger partial charge on any atom is -0.314 e. The first-order chi connectivity index (χ1) is 10.7. The Morgan fingerprint density at radius 1 is 1.09 bits per heavy atom. The van der Waals surface area contributed by atoms with Crippen LogP contribution in [0.2, 0.25) is 0 Å². The van der Waals surface area contributed by atoms with Crippen LogP contribution in [-0.2, 0) is 4.79 Å². The molecular formula is C18H11FN2O. The van der Waals surface area contributed by atoms with Crippen LogP contribution < -0.4 is 5.32 Å². The lowest BCUT2D eigenvalue weighted by Crippen LogP contribution is -2.08. The monoisotopic (exact) mass is 290 g/mol. The van der Waals surface area contributed by atoms with E-state index in [0.29, 0.717) is 16.6 Å². The zero-order chi connectivity index (χ0) is 15.4. The molecule has 0 aliphatic rings.